The van der Waals surface area contributed by atoms with Crippen molar-refractivity contribution < 1.29 is 19.4 Å². The van der Waals surface area contributed by atoms with Crippen LogP contribution in [-0.4, -0.2) is 52.4 Å². The van der Waals surface area contributed by atoms with Crippen molar-refractivity contribution in [2.24, 2.45) is 0 Å². The molecule has 0 aliphatic heterocycles. The van der Waals surface area contributed by atoms with Gasteiger partial charge in [0.05, 0.1) is 28.4 Å². The highest BCUT2D eigenvalue weighted by Crippen LogP contribution is 2.32. The van der Waals surface area contributed by atoms with Crippen LogP contribution in [0.4, 0.5) is 0 Å². The van der Waals surface area contributed by atoms with Gasteiger partial charge in [-0.25, -0.2) is 4.79 Å². The van der Waals surface area contributed by atoms with E-state index in [4.69, 9.17) is 16.3 Å². The Balaban J connectivity index is 1.56. The molecule has 0 saturated heterocycles. The molecule has 3 aromatic rings. The van der Waals surface area contributed by atoms with E-state index in [1.807, 2.05) is 12.1 Å². The van der Waals surface area contributed by atoms with Crippen LogP contribution in [0, 0.1) is 0 Å². The summed E-state index contributed by atoms with van der Waals surface area (Å²) in [5.41, 5.74) is 2.48. The lowest BCUT2D eigenvalue weighted by atomic mass is 10.0. The molecule has 7 heteroatoms. The average Bonchev–Trinajstić information content (AvgIpc) is 3.26. The Hall–Kier alpha value is -2.83. The van der Waals surface area contributed by atoms with Gasteiger partial charge in [0.1, 0.15) is 5.75 Å². The maximum Gasteiger partial charge on any atom is 0.335 e. The third kappa shape index (κ3) is 9.34. The molecule has 1 aromatic carbocycles. The number of fused-ring (bicyclic) bond motifs is 1. The summed E-state index contributed by atoms with van der Waals surface area (Å²) in [5, 5.41) is 9.86. The first-order valence-corrected chi connectivity index (χ1v) is 15.8. The van der Waals surface area contributed by atoms with E-state index >= 15 is 0 Å². The predicted octanol–water partition coefficient (Wildman–Crippen LogP) is 8.71. The number of benzene rings is 1. The van der Waals surface area contributed by atoms with Crippen LogP contribution in [0.5, 0.6) is 5.75 Å². The minimum Gasteiger partial charge on any atom is -0.494 e. The number of aromatic nitrogens is 1. The first-order valence-electron chi connectivity index (χ1n) is 15.5. The summed E-state index contributed by atoms with van der Waals surface area (Å²) in [6.45, 7) is 10.9. The summed E-state index contributed by atoms with van der Waals surface area (Å²) in [7, 11) is 0. The zero-order valence-electron chi connectivity index (χ0n) is 25.1. The summed E-state index contributed by atoms with van der Waals surface area (Å²) in [6, 6.07) is 10.3. The van der Waals surface area contributed by atoms with Gasteiger partial charge in [-0.3, -0.25) is 4.79 Å². The van der Waals surface area contributed by atoms with Crippen LogP contribution in [0.2, 0.25) is 5.02 Å². The molecule has 0 unspecified atom stereocenters. The third-order valence-corrected chi connectivity index (χ3v) is 8.05. The zero-order chi connectivity index (χ0) is 29.6. The number of carbonyl (C=O) groups is 2. The summed E-state index contributed by atoms with van der Waals surface area (Å²) < 4.78 is 7.69. The molecule has 41 heavy (non-hydrogen) atoms. The van der Waals surface area contributed by atoms with Crippen LogP contribution in [0.1, 0.15) is 117 Å². The van der Waals surface area contributed by atoms with Crippen molar-refractivity contribution in [2.75, 3.05) is 26.2 Å². The Morgan fingerprint density at radius 2 is 1.46 bits per heavy atom. The molecule has 3 rings (SSSR count). The lowest BCUT2D eigenvalue weighted by Gasteiger charge is -2.21. The van der Waals surface area contributed by atoms with Crippen molar-refractivity contribution in [2.45, 2.75) is 91.4 Å². The Morgan fingerprint density at radius 1 is 0.829 bits per heavy atom. The van der Waals surface area contributed by atoms with Crippen molar-refractivity contribution in [3.05, 3.63) is 70.0 Å². The summed E-state index contributed by atoms with van der Waals surface area (Å²) in [5.74, 6) is -0.415. The molecule has 2 heterocycles. The second-order valence-electron chi connectivity index (χ2n) is 10.9. The number of halogens is 1. The fourth-order valence-corrected chi connectivity index (χ4v) is 5.48. The van der Waals surface area contributed by atoms with E-state index in [1.54, 1.807) is 22.7 Å². The van der Waals surface area contributed by atoms with E-state index in [9.17, 15) is 14.7 Å². The highest BCUT2D eigenvalue weighted by Gasteiger charge is 2.24. The second kappa shape index (κ2) is 17.2. The Labute approximate surface area is 250 Å². The monoisotopic (exact) mass is 582 g/mol. The third-order valence-electron chi connectivity index (χ3n) is 7.62. The van der Waals surface area contributed by atoms with Crippen LogP contribution < -0.4 is 4.74 Å². The van der Waals surface area contributed by atoms with Gasteiger partial charge in [0.25, 0.3) is 0 Å². The number of carboxylic acid groups (broad SMARTS) is 1. The number of hydrogen-bond acceptors (Lipinski definition) is 4. The van der Waals surface area contributed by atoms with Gasteiger partial charge in [0.15, 0.2) is 0 Å². The number of pyridine rings is 1. The van der Waals surface area contributed by atoms with Crippen molar-refractivity contribution in [1.29, 1.82) is 0 Å². The molecular weight excluding hydrogens is 536 g/mol. The molecule has 0 spiro atoms. The van der Waals surface area contributed by atoms with Gasteiger partial charge < -0.3 is 19.1 Å². The van der Waals surface area contributed by atoms with E-state index in [1.165, 1.54) is 70.3 Å². The van der Waals surface area contributed by atoms with Gasteiger partial charge in [0, 0.05) is 17.3 Å². The van der Waals surface area contributed by atoms with Crippen molar-refractivity contribution >= 4 is 28.9 Å². The van der Waals surface area contributed by atoms with Crippen LogP contribution in [-0.2, 0) is 6.42 Å². The summed E-state index contributed by atoms with van der Waals surface area (Å²) in [4.78, 5) is 27.8. The number of ketones is 1. The van der Waals surface area contributed by atoms with Crippen molar-refractivity contribution in [1.82, 2.24) is 9.30 Å². The molecule has 0 amide bonds. The van der Waals surface area contributed by atoms with Gasteiger partial charge in [-0.15, -0.1) is 0 Å². The average molecular weight is 583 g/mol. The predicted molar refractivity (Wildman–Crippen MR) is 168 cm³/mol. The Kier molecular flexibility index (Phi) is 13.7. The standard InChI is InChI=1S/C34H47ClN2O4/c1-4-7-14-29-31(35)30-25-27(34(39)40)19-23-37(30)32(29)33(38)26-15-17-28(18-16-26)41-24-13-11-10-12-22-36(20-8-5-2)21-9-6-3/h15-19,23,25H,4-14,20-22,24H2,1-3H3,(H,39,40). The van der Waals surface area contributed by atoms with Crippen molar-refractivity contribution in [3.63, 3.8) is 0 Å². The molecule has 0 aliphatic carbocycles. The summed E-state index contributed by atoms with van der Waals surface area (Å²) >= 11 is 6.70. The van der Waals surface area contributed by atoms with E-state index in [-0.39, 0.29) is 11.3 Å². The SMILES string of the molecule is CCCCc1c(Cl)c2cc(C(=O)O)ccn2c1C(=O)c1ccc(OCCCCCCN(CCCC)CCCC)cc1. The number of carboxylic acids is 1. The van der Waals surface area contributed by atoms with Crippen LogP contribution in [0.3, 0.4) is 0 Å². The van der Waals surface area contributed by atoms with Gasteiger partial charge >= 0.3 is 5.97 Å². The Morgan fingerprint density at radius 3 is 2.10 bits per heavy atom. The number of carbonyl (C=O) groups excluding carboxylic acids is 1. The largest absolute Gasteiger partial charge is 0.494 e. The molecule has 0 radical (unpaired) electrons. The Bertz CT molecular complexity index is 1240. The molecule has 0 aliphatic rings. The molecule has 0 atom stereocenters. The lowest BCUT2D eigenvalue weighted by molar-refractivity contribution is 0.0696. The van der Waals surface area contributed by atoms with E-state index < -0.39 is 5.97 Å². The minimum atomic E-state index is -1.03. The molecule has 6 nitrogen and oxygen atoms in total. The van der Waals surface area contributed by atoms with Crippen LogP contribution >= 0.6 is 11.6 Å². The molecule has 1 N–H and O–H groups in total. The number of nitrogens with zero attached hydrogens (tertiary/aromatic N) is 2. The van der Waals surface area contributed by atoms with Crippen LogP contribution in [0.25, 0.3) is 5.52 Å². The fraction of sp³-hybridized carbons (Fsp3) is 0.529. The van der Waals surface area contributed by atoms with Crippen LogP contribution in [0.15, 0.2) is 42.6 Å². The number of rotatable bonds is 20. The lowest BCUT2D eigenvalue weighted by Crippen LogP contribution is -2.27. The van der Waals surface area contributed by atoms with Gasteiger partial charge in [0.2, 0.25) is 5.78 Å². The maximum atomic E-state index is 13.7. The van der Waals surface area contributed by atoms with Gasteiger partial charge in [-0.1, -0.05) is 64.5 Å². The maximum absolute atomic E-state index is 13.7. The quantitative estimate of drug-likeness (QED) is 0.106. The van der Waals surface area contributed by atoms with E-state index in [0.29, 0.717) is 34.8 Å². The molecule has 0 fully saturated rings. The first kappa shape index (κ1) is 32.7. The number of hydrogen-bond donors (Lipinski definition) is 1. The first-order chi connectivity index (χ1) is 19.9. The number of ether oxygens (including phenoxy) is 1. The van der Waals surface area contributed by atoms with E-state index in [2.05, 4.69) is 25.7 Å². The normalized spacial score (nSPS) is 11.4. The smallest absolute Gasteiger partial charge is 0.335 e. The highest BCUT2D eigenvalue weighted by atomic mass is 35.5. The number of unbranched alkanes of at least 4 members (excludes halogenated alkanes) is 6. The van der Waals surface area contributed by atoms with Crippen molar-refractivity contribution in [3.8, 4) is 5.75 Å². The van der Waals surface area contributed by atoms with Gasteiger partial charge in [-0.05, 0) is 94.6 Å². The molecule has 0 saturated carbocycles. The summed E-state index contributed by atoms with van der Waals surface area (Å²) in [6.07, 6.45) is 13.8. The molecule has 0 bridgehead atoms. The van der Waals surface area contributed by atoms with E-state index in [0.717, 1.165) is 37.0 Å². The zero-order valence-corrected chi connectivity index (χ0v) is 25.8. The molecule has 2 aromatic heterocycles. The minimum absolute atomic E-state index is 0.139. The fourth-order valence-electron chi connectivity index (χ4n) is 5.15. The molecular formula is C34H47ClN2O4. The highest BCUT2D eigenvalue weighted by molar-refractivity contribution is 6.36. The molecule has 224 valence electrons. The second-order valence-corrected chi connectivity index (χ2v) is 11.3. The number of aromatic carboxylic acids is 1. The van der Waals surface area contributed by atoms with Gasteiger partial charge in [-0.2, -0.15) is 0 Å². The topological polar surface area (TPSA) is 71.2 Å².